The lowest BCUT2D eigenvalue weighted by molar-refractivity contribution is -0.0657. The molecule has 2 unspecified atom stereocenters. The van der Waals surface area contributed by atoms with E-state index in [2.05, 4.69) is 25.3 Å². The highest BCUT2D eigenvalue weighted by molar-refractivity contribution is 5.21. The van der Waals surface area contributed by atoms with Crippen molar-refractivity contribution in [1.29, 1.82) is 0 Å². The van der Waals surface area contributed by atoms with Crippen LogP contribution in [0.25, 0.3) is 0 Å². The van der Waals surface area contributed by atoms with Crippen molar-refractivity contribution in [2.75, 3.05) is 6.61 Å². The number of fused-ring (bicyclic) bond motifs is 2. The monoisotopic (exact) mass is 204 g/mol. The van der Waals surface area contributed by atoms with E-state index in [-0.39, 0.29) is 5.60 Å². The highest BCUT2D eigenvalue weighted by Gasteiger charge is 2.51. The molecule has 0 spiro atoms. The minimum Gasteiger partial charge on any atom is -0.370 e. The summed E-state index contributed by atoms with van der Waals surface area (Å²) < 4.78 is 6.10. The maximum Gasteiger partial charge on any atom is 0.0814 e. The average Bonchev–Trinajstić information content (AvgIpc) is 2.79. The molecule has 2 atom stereocenters. The number of hydrogen-bond acceptors (Lipinski definition) is 1. The van der Waals surface area contributed by atoms with Gasteiger partial charge in [0.1, 0.15) is 0 Å². The predicted octanol–water partition coefficient (Wildman–Crippen LogP) is 3.49. The van der Waals surface area contributed by atoms with E-state index in [0.29, 0.717) is 18.4 Å². The van der Waals surface area contributed by atoms with E-state index < -0.39 is 0 Å². The van der Waals surface area contributed by atoms with Crippen molar-refractivity contribution in [3.8, 4) is 0 Å². The maximum atomic E-state index is 6.10. The smallest absolute Gasteiger partial charge is 0.0814 e. The average molecular weight is 204 g/mol. The lowest BCUT2D eigenvalue weighted by Gasteiger charge is -2.34. The van der Waals surface area contributed by atoms with Crippen LogP contribution in [0, 0.1) is 11.8 Å². The van der Waals surface area contributed by atoms with Gasteiger partial charge in [0.2, 0.25) is 0 Å². The zero-order valence-corrected chi connectivity index (χ0v) is 9.32. The van der Waals surface area contributed by atoms with E-state index in [1.807, 2.05) is 12.2 Å². The predicted molar refractivity (Wildman–Crippen MR) is 63.7 cm³/mol. The number of allylic oxidation sites excluding steroid dienone is 1. The Bertz CT molecular complexity index is 249. The van der Waals surface area contributed by atoms with Crippen molar-refractivity contribution in [1.82, 2.24) is 0 Å². The van der Waals surface area contributed by atoms with Gasteiger partial charge in [-0.05, 0) is 25.7 Å². The summed E-state index contributed by atoms with van der Waals surface area (Å²) >= 11 is 0. The molecule has 82 valence electrons. The van der Waals surface area contributed by atoms with Crippen LogP contribution in [0.1, 0.15) is 25.7 Å². The molecule has 1 fully saturated rings. The molecule has 0 N–H and O–H groups in total. The summed E-state index contributed by atoms with van der Waals surface area (Å²) in [6.45, 7) is 8.22. The van der Waals surface area contributed by atoms with Crippen molar-refractivity contribution < 1.29 is 4.74 Å². The molecule has 1 nitrogen and oxygen atoms in total. The fraction of sp³-hybridized carbons (Fsp3) is 0.571. The Labute approximate surface area is 92.5 Å². The number of ether oxygens (including phenoxy) is 1. The Morgan fingerprint density at radius 3 is 2.33 bits per heavy atom. The van der Waals surface area contributed by atoms with Crippen LogP contribution in [0.4, 0.5) is 0 Å². The first-order chi connectivity index (χ1) is 7.33. The van der Waals surface area contributed by atoms with Crippen LogP contribution >= 0.6 is 0 Å². The molecule has 0 aromatic carbocycles. The van der Waals surface area contributed by atoms with Gasteiger partial charge in [-0.3, -0.25) is 0 Å². The van der Waals surface area contributed by atoms with Crippen molar-refractivity contribution >= 4 is 0 Å². The van der Waals surface area contributed by atoms with Crippen LogP contribution in [0.5, 0.6) is 0 Å². The summed E-state index contributed by atoms with van der Waals surface area (Å²) in [6.07, 6.45) is 13.3. The number of hydrogen-bond donors (Lipinski definition) is 0. The van der Waals surface area contributed by atoms with Crippen LogP contribution in [0.3, 0.4) is 0 Å². The summed E-state index contributed by atoms with van der Waals surface area (Å²) in [6, 6.07) is 0. The van der Waals surface area contributed by atoms with Crippen LogP contribution in [0.15, 0.2) is 37.5 Å². The molecule has 0 saturated heterocycles. The Morgan fingerprint density at radius 1 is 1.20 bits per heavy atom. The zero-order chi connectivity index (χ0) is 10.7. The molecule has 2 bridgehead atoms. The zero-order valence-electron chi connectivity index (χ0n) is 9.32. The Hall–Kier alpha value is -0.820. The molecule has 0 aromatic rings. The quantitative estimate of drug-likeness (QED) is 0.602. The molecular formula is C14H20O. The fourth-order valence-corrected chi connectivity index (χ4v) is 3.11. The van der Waals surface area contributed by atoms with Gasteiger partial charge in [-0.1, -0.05) is 24.3 Å². The van der Waals surface area contributed by atoms with Gasteiger partial charge in [0, 0.05) is 11.8 Å². The summed E-state index contributed by atoms with van der Waals surface area (Å²) in [5.41, 5.74) is 0.0718. The first-order valence-electron chi connectivity index (χ1n) is 5.87. The summed E-state index contributed by atoms with van der Waals surface area (Å²) in [7, 11) is 0. The van der Waals surface area contributed by atoms with Crippen LogP contribution in [-0.2, 0) is 4.74 Å². The van der Waals surface area contributed by atoms with Crippen molar-refractivity contribution in [3.05, 3.63) is 37.5 Å². The van der Waals surface area contributed by atoms with Crippen LogP contribution < -0.4 is 0 Å². The number of rotatable bonds is 6. The van der Waals surface area contributed by atoms with Crippen LogP contribution in [-0.4, -0.2) is 12.2 Å². The lowest BCUT2D eigenvalue weighted by atomic mass is 9.85. The van der Waals surface area contributed by atoms with Gasteiger partial charge in [-0.2, -0.15) is 0 Å². The Balaban J connectivity index is 2.09. The SMILES string of the molecule is C=CCCC1(OCC=C)C2C=CC1CC2. The Morgan fingerprint density at radius 2 is 1.87 bits per heavy atom. The molecule has 1 heteroatoms. The molecule has 0 aliphatic heterocycles. The molecular weight excluding hydrogens is 184 g/mol. The van der Waals surface area contributed by atoms with Gasteiger partial charge in [0.25, 0.3) is 0 Å². The second-order valence-electron chi connectivity index (χ2n) is 4.56. The highest BCUT2D eigenvalue weighted by Crippen LogP contribution is 2.52. The van der Waals surface area contributed by atoms with Gasteiger partial charge in [-0.25, -0.2) is 0 Å². The third-order valence-corrected chi connectivity index (χ3v) is 3.83. The second kappa shape index (κ2) is 4.36. The highest BCUT2D eigenvalue weighted by atomic mass is 16.5. The molecule has 1 saturated carbocycles. The summed E-state index contributed by atoms with van der Waals surface area (Å²) in [5, 5.41) is 0. The fourth-order valence-electron chi connectivity index (χ4n) is 3.11. The van der Waals surface area contributed by atoms with Gasteiger partial charge >= 0.3 is 0 Å². The molecule has 15 heavy (non-hydrogen) atoms. The van der Waals surface area contributed by atoms with Crippen LogP contribution in [0.2, 0.25) is 0 Å². The molecule has 2 rings (SSSR count). The van der Waals surface area contributed by atoms with E-state index in [9.17, 15) is 0 Å². The topological polar surface area (TPSA) is 9.23 Å². The van der Waals surface area contributed by atoms with E-state index in [1.54, 1.807) is 0 Å². The van der Waals surface area contributed by atoms with Crippen molar-refractivity contribution in [3.63, 3.8) is 0 Å². The first kappa shape index (κ1) is 10.7. The third-order valence-electron chi connectivity index (χ3n) is 3.83. The van der Waals surface area contributed by atoms with Gasteiger partial charge in [0.15, 0.2) is 0 Å². The largest absolute Gasteiger partial charge is 0.370 e. The summed E-state index contributed by atoms with van der Waals surface area (Å²) in [4.78, 5) is 0. The van der Waals surface area contributed by atoms with Gasteiger partial charge < -0.3 is 4.74 Å². The minimum absolute atomic E-state index is 0.0718. The maximum absolute atomic E-state index is 6.10. The second-order valence-corrected chi connectivity index (χ2v) is 4.56. The lowest BCUT2D eigenvalue weighted by Crippen LogP contribution is -2.38. The third kappa shape index (κ3) is 1.69. The van der Waals surface area contributed by atoms with E-state index in [4.69, 9.17) is 4.74 Å². The standard InChI is InChI=1S/C14H20O/c1-3-5-10-14(15-11-4-2)12-6-7-13(14)9-8-12/h3-4,6-7,12-13H,1-2,5,8-11H2. The molecule has 2 aliphatic rings. The normalized spacial score (nSPS) is 37.1. The Kier molecular flexibility index (Phi) is 3.11. The molecule has 2 aliphatic carbocycles. The van der Waals surface area contributed by atoms with Crippen molar-refractivity contribution in [2.24, 2.45) is 11.8 Å². The molecule has 0 aromatic heterocycles. The summed E-state index contributed by atoms with van der Waals surface area (Å²) in [5.74, 6) is 1.25. The minimum atomic E-state index is 0.0718. The molecule has 0 radical (unpaired) electrons. The first-order valence-corrected chi connectivity index (χ1v) is 5.87. The van der Waals surface area contributed by atoms with Gasteiger partial charge in [-0.15, -0.1) is 13.2 Å². The molecule has 0 heterocycles. The van der Waals surface area contributed by atoms with E-state index in [1.165, 1.54) is 12.8 Å². The van der Waals surface area contributed by atoms with Crippen molar-refractivity contribution in [2.45, 2.75) is 31.3 Å². The van der Waals surface area contributed by atoms with Gasteiger partial charge in [0.05, 0.1) is 12.2 Å². The molecule has 0 amide bonds. The van der Waals surface area contributed by atoms with E-state index in [0.717, 1.165) is 12.8 Å². The van der Waals surface area contributed by atoms with E-state index >= 15 is 0 Å².